The van der Waals surface area contributed by atoms with Gasteiger partial charge in [-0.15, -0.1) is 0 Å². The van der Waals surface area contributed by atoms with Crippen LogP contribution in [0, 0.1) is 12.7 Å². The van der Waals surface area contributed by atoms with Crippen LogP contribution in [0.3, 0.4) is 0 Å². The number of primary amides is 1. The van der Waals surface area contributed by atoms with Crippen LogP contribution in [0.4, 0.5) is 9.18 Å². The summed E-state index contributed by atoms with van der Waals surface area (Å²) in [6.07, 6.45) is 2.88. The van der Waals surface area contributed by atoms with E-state index in [9.17, 15) is 14.0 Å². The molecule has 0 aromatic heterocycles. The number of urea groups is 1. The summed E-state index contributed by atoms with van der Waals surface area (Å²) in [6.45, 7) is 2.76. The minimum Gasteiger partial charge on any atom is -0.370 e. The number of aryl methyl sites for hydroxylation is 1. The number of piperidine rings is 1. The van der Waals surface area contributed by atoms with E-state index in [1.807, 2.05) is 6.92 Å². The van der Waals surface area contributed by atoms with E-state index < -0.39 is 5.91 Å². The highest BCUT2D eigenvalue weighted by atomic mass is 19.1. The van der Waals surface area contributed by atoms with E-state index in [0.29, 0.717) is 6.54 Å². The third-order valence-corrected chi connectivity index (χ3v) is 4.07. The molecule has 1 aromatic carbocycles. The summed E-state index contributed by atoms with van der Waals surface area (Å²) in [7, 11) is 0. The summed E-state index contributed by atoms with van der Waals surface area (Å²) in [5, 5.41) is 2.81. The van der Waals surface area contributed by atoms with Gasteiger partial charge in [0.2, 0.25) is 5.91 Å². The first-order valence-corrected chi connectivity index (χ1v) is 7.55. The van der Waals surface area contributed by atoms with E-state index in [1.54, 1.807) is 11.0 Å². The summed E-state index contributed by atoms with van der Waals surface area (Å²) < 4.78 is 13.3. The fourth-order valence-corrected chi connectivity index (χ4v) is 2.82. The van der Waals surface area contributed by atoms with Crippen LogP contribution in [0.1, 0.15) is 36.8 Å². The van der Waals surface area contributed by atoms with E-state index >= 15 is 0 Å². The molecule has 1 aliphatic rings. The predicted molar refractivity (Wildman–Crippen MR) is 81.5 cm³/mol. The zero-order valence-corrected chi connectivity index (χ0v) is 12.8. The molecule has 3 N–H and O–H groups in total. The number of nitrogens with zero attached hydrogens (tertiary/aromatic N) is 1. The van der Waals surface area contributed by atoms with Gasteiger partial charge in [-0.2, -0.15) is 0 Å². The van der Waals surface area contributed by atoms with Gasteiger partial charge >= 0.3 is 6.03 Å². The summed E-state index contributed by atoms with van der Waals surface area (Å²) in [5.41, 5.74) is 6.92. The van der Waals surface area contributed by atoms with Crippen molar-refractivity contribution in [3.8, 4) is 0 Å². The number of hydrogen-bond donors (Lipinski definition) is 2. The second-order valence-corrected chi connectivity index (χ2v) is 5.74. The van der Waals surface area contributed by atoms with Crippen LogP contribution < -0.4 is 11.1 Å². The Kier molecular flexibility index (Phi) is 5.35. The third kappa shape index (κ3) is 4.19. The van der Waals surface area contributed by atoms with Gasteiger partial charge in [-0.25, -0.2) is 9.18 Å². The Morgan fingerprint density at radius 3 is 2.91 bits per heavy atom. The van der Waals surface area contributed by atoms with Crippen LogP contribution in [-0.4, -0.2) is 29.4 Å². The van der Waals surface area contributed by atoms with Crippen LogP contribution in [0.5, 0.6) is 0 Å². The van der Waals surface area contributed by atoms with Crippen LogP contribution in [0.2, 0.25) is 0 Å². The van der Waals surface area contributed by atoms with E-state index in [1.165, 1.54) is 12.1 Å². The topological polar surface area (TPSA) is 75.4 Å². The van der Waals surface area contributed by atoms with Gasteiger partial charge < -0.3 is 16.0 Å². The maximum atomic E-state index is 13.3. The van der Waals surface area contributed by atoms with Crippen molar-refractivity contribution >= 4 is 11.9 Å². The molecule has 0 spiro atoms. The van der Waals surface area contributed by atoms with Gasteiger partial charge in [0, 0.05) is 25.6 Å². The molecule has 5 nitrogen and oxygen atoms in total. The molecule has 120 valence electrons. The number of hydrogen-bond acceptors (Lipinski definition) is 2. The van der Waals surface area contributed by atoms with Crippen molar-refractivity contribution in [2.24, 2.45) is 5.73 Å². The first kappa shape index (κ1) is 16.3. The molecule has 1 saturated heterocycles. The Balaban J connectivity index is 1.97. The van der Waals surface area contributed by atoms with Crippen LogP contribution in [0.15, 0.2) is 18.2 Å². The van der Waals surface area contributed by atoms with Gasteiger partial charge in [0.1, 0.15) is 5.82 Å². The van der Waals surface area contributed by atoms with E-state index in [4.69, 9.17) is 5.73 Å². The molecule has 6 heteroatoms. The van der Waals surface area contributed by atoms with Crippen molar-refractivity contribution in [2.75, 3.05) is 6.54 Å². The fraction of sp³-hybridized carbons (Fsp3) is 0.500. The molecule has 0 aliphatic carbocycles. The molecular formula is C16H22FN3O2. The standard InChI is InChI=1S/C16H22FN3O2/c1-11-5-6-13(17)8-12(11)10-19-16(22)20-7-3-2-4-14(20)9-15(18)21/h5-6,8,14H,2-4,7,9-10H2,1H3,(H2,18,21)(H,19,22). The molecular weight excluding hydrogens is 285 g/mol. The Bertz CT molecular complexity index is 562. The quantitative estimate of drug-likeness (QED) is 0.893. The van der Waals surface area contributed by atoms with Crippen molar-refractivity contribution in [1.82, 2.24) is 10.2 Å². The van der Waals surface area contributed by atoms with Crippen molar-refractivity contribution in [2.45, 2.75) is 45.2 Å². The van der Waals surface area contributed by atoms with Crippen molar-refractivity contribution < 1.29 is 14.0 Å². The molecule has 1 unspecified atom stereocenters. The highest BCUT2D eigenvalue weighted by molar-refractivity contribution is 5.78. The van der Waals surface area contributed by atoms with Gasteiger partial charge in [0.25, 0.3) is 0 Å². The second-order valence-electron chi connectivity index (χ2n) is 5.74. The molecule has 0 radical (unpaired) electrons. The van der Waals surface area contributed by atoms with E-state index in [0.717, 1.165) is 30.4 Å². The van der Waals surface area contributed by atoms with Gasteiger partial charge in [-0.1, -0.05) is 6.07 Å². The lowest BCUT2D eigenvalue weighted by molar-refractivity contribution is -0.119. The predicted octanol–water partition coefficient (Wildman–Crippen LogP) is 2.07. The average Bonchev–Trinajstić information content (AvgIpc) is 2.48. The molecule has 2 rings (SSSR count). The molecule has 1 aromatic rings. The number of benzene rings is 1. The smallest absolute Gasteiger partial charge is 0.317 e. The monoisotopic (exact) mass is 307 g/mol. The Morgan fingerprint density at radius 2 is 2.18 bits per heavy atom. The summed E-state index contributed by atoms with van der Waals surface area (Å²) in [5.74, 6) is -0.717. The molecule has 22 heavy (non-hydrogen) atoms. The lowest BCUT2D eigenvalue weighted by Gasteiger charge is -2.35. The van der Waals surface area contributed by atoms with Crippen molar-refractivity contribution in [3.63, 3.8) is 0 Å². The summed E-state index contributed by atoms with van der Waals surface area (Å²) in [6, 6.07) is 4.14. The highest BCUT2D eigenvalue weighted by Crippen LogP contribution is 2.20. The fourth-order valence-electron chi connectivity index (χ4n) is 2.82. The SMILES string of the molecule is Cc1ccc(F)cc1CNC(=O)N1CCCCC1CC(N)=O. The molecule has 1 atom stereocenters. The van der Waals surface area contributed by atoms with Gasteiger partial charge in [-0.3, -0.25) is 4.79 Å². The number of nitrogens with one attached hydrogen (secondary N) is 1. The van der Waals surface area contributed by atoms with Crippen molar-refractivity contribution in [1.29, 1.82) is 0 Å². The van der Waals surface area contributed by atoms with Crippen LogP contribution in [-0.2, 0) is 11.3 Å². The molecule has 3 amide bonds. The minimum atomic E-state index is -0.398. The normalized spacial score (nSPS) is 18.1. The molecule has 1 aliphatic heterocycles. The molecule has 0 bridgehead atoms. The minimum absolute atomic E-state index is 0.139. The number of carbonyl (C=O) groups is 2. The van der Waals surface area contributed by atoms with Crippen LogP contribution in [0.25, 0.3) is 0 Å². The number of carbonyl (C=O) groups excluding carboxylic acids is 2. The maximum absolute atomic E-state index is 13.3. The Labute approximate surface area is 129 Å². The second kappa shape index (κ2) is 7.24. The Morgan fingerprint density at radius 1 is 1.41 bits per heavy atom. The van der Waals surface area contributed by atoms with Gasteiger partial charge in [0.05, 0.1) is 0 Å². The summed E-state index contributed by atoms with van der Waals surface area (Å²) >= 11 is 0. The van der Waals surface area contributed by atoms with Gasteiger partial charge in [0.15, 0.2) is 0 Å². The zero-order chi connectivity index (χ0) is 16.1. The number of amides is 3. The lowest BCUT2D eigenvalue weighted by Crippen LogP contribution is -2.49. The van der Waals surface area contributed by atoms with Gasteiger partial charge in [-0.05, 0) is 49.4 Å². The first-order chi connectivity index (χ1) is 10.5. The zero-order valence-electron chi connectivity index (χ0n) is 12.8. The number of nitrogens with two attached hydrogens (primary N) is 1. The molecule has 1 heterocycles. The van der Waals surface area contributed by atoms with Crippen LogP contribution >= 0.6 is 0 Å². The average molecular weight is 307 g/mol. The summed E-state index contributed by atoms with van der Waals surface area (Å²) in [4.78, 5) is 25.1. The maximum Gasteiger partial charge on any atom is 0.317 e. The third-order valence-electron chi connectivity index (χ3n) is 4.07. The number of likely N-dealkylation sites (tertiary alicyclic amines) is 1. The first-order valence-electron chi connectivity index (χ1n) is 7.55. The number of halogens is 1. The van der Waals surface area contributed by atoms with Crippen molar-refractivity contribution in [3.05, 3.63) is 35.1 Å². The molecule has 0 saturated carbocycles. The van der Waals surface area contributed by atoms with E-state index in [-0.39, 0.29) is 30.9 Å². The lowest BCUT2D eigenvalue weighted by atomic mass is 9.99. The molecule has 1 fully saturated rings. The van der Waals surface area contributed by atoms with E-state index in [2.05, 4.69) is 5.32 Å². The number of rotatable bonds is 4. The highest BCUT2D eigenvalue weighted by Gasteiger charge is 2.27. The Hall–Kier alpha value is -2.11. The largest absolute Gasteiger partial charge is 0.370 e.